The molecule has 0 aliphatic heterocycles. The van der Waals surface area contributed by atoms with Crippen LogP contribution in [0, 0.1) is 0 Å². The number of aromatic nitrogens is 1. The number of carbonyl (C=O) groups excluding carboxylic acids is 1. The molecule has 0 aliphatic rings. The highest BCUT2D eigenvalue weighted by atomic mass is 16.2. The van der Waals surface area contributed by atoms with Crippen molar-refractivity contribution >= 4 is 16.8 Å². The first kappa shape index (κ1) is 11.6. The summed E-state index contributed by atoms with van der Waals surface area (Å²) in [5.41, 5.74) is 10.2. The quantitative estimate of drug-likeness (QED) is 0.410. The smallest absolute Gasteiger partial charge is 0.235 e. The number of aryl methyl sites for hydroxylation is 1. The minimum Gasteiger partial charge on any atom is -0.350 e. The maximum atomic E-state index is 11.2. The Labute approximate surface area is 99.4 Å². The molecule has 2 aromatic rings. The number of hydrogen-bond acceptors (Lipinski definition) is 3. The van der Waals surface area contributed by atoms with Gasteiger partial charge in [-0.15, -0.1) is 0 Å². The van der Waals surface area contributed by atoms with Crippen molar-refractivity contribution in [2.45, 2.75) is 12.5 Å². The van der Waals surface area contributed by atoms with Crippen LogP contribution in [-0.2, 0) is 11.8 Å². The predicted molar refractivity (Wildman–Crippen MR) is 66.8 cm³/mol. The topological polar surface area (TPSA) is 86.1 Å². The van der Waals surface area contributed by atoms with Crippen LogP contribution in [0.25, 0.3) is 10.9 Å². The summed E-state index contributed by atoms with van der Waals surface area (Å²) in [4.78, 5) is 11.2. The van der Waals surface area contributed by atoms with Crippen molar-refractivity contribution in [1.29, 1.82) is 0 Å². The van der Waals surface area contributed by atoms with E-state index in [9.17, 15) is 4.79 Å². The van der Waals surface area contributed by atoms with E-state index >= 15 is 0 Å². The van der Waals surface area contributed by atoms with Gasteiger partial charge < -0.3 is 10.3 Å². The number of amides is 1. The summed E-state index contributed by atoms with van der Waals surface area (Å²) >= 11 is 0. The molecule has 1 unspecified atom stereocenters. The van der Waals surface area contributed by atoms with Crippen LogP contribution in [0.3, 0.4) is 0 Å². The molecule has 5 nitrogen and oxygen atoms in total. The number of benzene rings is 1. The molecule has 2 rings (SSSR count). The zero-order valence-electron chi connectivity index (χ0n) is 9.68. The summed E-state index contributed by atoms with van der Waals surface area (Å²) in [6.45, 7) is 0. The second-order valence-corrected chi connectivity index (χ2v) is 4.09. The number of carbonyl (C=O) groups is 1. The van der Waals surface area contributed by atoms with E-state index in [1.54, 1.807) is 0 Å². The summed E-state index contributed by atoms with van der Waals surface area (Å²) in [5, 5.41) is 1.08. The van der Waals surface area contributed by atoms with Gasteiger partial charge in [-0.2, -0.15) is 0 Å². The number of rotatable bonds is 3. The number of hydrazine groups is 1. The molecule has 0 saturated carbocycles. The van der Waals surface area contributed by atoms with Crippen molar-refractivity contribution in [2.24, 2.45) is 18.6 Å². The Hall–Kier alpha value is -1.85. The fourth-order valence-electron chi connectivity index (χ4n) is 2.04. The van der Waals surface area contributed by atoms with Gasteiger partial charge in [0.1, 0.15) is 0 Å². The van der Waals surface area contributed by atoms with Crippen molar-refractivity contribution in [2.75, 3.05) is 0 Å². The summed E-state index contributed by atoms with van der Waals surface area (Å²) in [6, 6.07) is 7.62. The van der Waals surface area contributed by atoms with Gasteiger partial charge in [-0.1, -0.05) is 18.2 Å². The van der Waals surface area contributed by atoms with Gasteiger partial charge >= 0.3 is 0 Å². The van der Waals surface area contributed by atoms with Crippen molar-refractivity contribution in [3.05, 3.63) is 36.0 Å². The van der Waals surface area contributed by atoms with Crippen LogP contribution in [-0.4, -0.2) is 10.5 Å². The molecule has 0 aliphatic carbocycles. The molecule has 1 atom stereocenters. The molecule has 0 saturated heterocycles. The Morgan fingerprint density at radius 2 is 2.18 bits per heavy atom. The number of fused-ring (bicyclic) bond motifs is 1. The van der Waals surface area contributed by atoms with Crippen molar-refractivity contribution in [3.8, 4) is 0 Å². The Morgan fingerprint density at radius 1 is 1.47 bits per heavy atom. The standard InChI is InChI=1S/C12H16N4O/c1-16-7-9(10(13)6-12(17)15-14)8-4-2-3-5-11(8)16/h2-5,7,10H,6,13-14H2,1H3,(H,15,17). The maximum Gasteiger partial charge on any atom is 0.235 e. The highest BCUT2D eigenvalue weighted by Crippen LogP contribution is 2.26. The lowest BCUT2D eigenvalue weighted by molar-refractivity contribution is -0.121. The van der Waals surface area contributed by atoms with Crippen molar-refractivity contribution < 1.29 is 4.79 Å². The molecule has 0 spiro atoms. The minimum absolute atomic E-state index is 0.185. The lowest BCUT2D eigenvalue weighted by atomic mass is 10.0. The predicted octanol–water partition coefficient (Wildman–Crippen LogP) is 0.558. The van der Waals surface area contributed by atoms with Gasteiger partial charge in [0.15, 0.2) is 0 Å². The number of nitrogens with zero attached hydrogens (tertiary/aromatic N) is 1. The first-order valence-corrected chi connectivity index (χ1v) is 5.42. The van der Waals surface area contributed by atoms with Gasteiger partial charge in [-0.25, -0.2) is 5.84 Å². The summed E-state index contributed by atoms with van der Waals surface area (Å²) < 4.78 is 2.00. The summed E-state index contributed by atoms with van der Waals surface area (Å²) in [7, 11) is 1.96. The molecule has 90 valence electrons. The van der Waals surface area contributed by atoms with E-state index in [2.05, 4.69) is 5.43 Å². The number of hydrogen-bond donors (Lipinski definition) is 3. The lowest BCUT2D eigenvalue weighted by Gasteiger charge is -2.09. The number of para-hydroxylation sites is 1. The van der Waals surface area contributed by atoms with Crippen molar-refractivity contribution in [3.63, 3.8) is 0 Å². The zero-order chi connectivity index (χ0) is 12.4. The van der Waals surface area contributed by atoms with Gasteiger partial charge in [0, 0.05) is 36.6 Å². The van der Waals surface area contributed by atoms with E-state index in [-0.39, 0.29) is 18.4 Å². The minimum atomic E-state index is -0.343. The highest BCUT2D eigenvalue weighted by Gasteiger charge is 2.15. The first-order chi connectivity index (χ1) is 8.13. The Morgan fingerprint density at radius 3 is 2.88 bits per heavy atom. The van der Waals surface area contributed by atoms with E-state index in [1.807, 2.05) is 42.1 Å². The largest absolute Gasteiger partial charge is 0.350 e. The third-order valence-corrected chi connectivity index (χ3v) is 2.89. The third kappa shape index (κ3) is 2.15. The van der Waals surface area contributed by atoms with E-state index < -0.39 is 0 Å². The molecule has 5 heteroatoms. The normalized spacial score (nSPS) is 12.6. The van der Waals surface area contributed by atoms with Crippen LogP contribution in [0.15, 0.2) is 30.5 Å². The molecule has 17 heavy (non-hydrogen) atoms. The average molecular weight is 232 g/mol. The zero-order valence-corrected chi connectivity index (χ0v) is 9.68. The van der Waals surface area contributed by atoms with Crippen LogP contribution >= 0.6 is 0 Å². The second kappa shape index (κ2) is 4.57. The molecular weight excluding hydrogens is 216 g/mol. The van der Waals surface area contributed by atoms with Crippen LogP contribution < -0.4 is 17.0 Å². The fourth-order valence-corrected chi connectivity index (χ4v) is 2.04. The van der Waals surface area contributed by atoms with Crippen LogP contribution in [0.5, 0.6) is 0 Å². The molecule has 1 aromatic heterocycles. The van der Waals surface area contributed by atoms with E-state index in [4.69, 9.17) is 11.6 Å². The van der Waals surface area contributed by atoms with Gasteiger partial charge in [-0.05, 0) is 11.6 Å². The fraction of sp³-hybridized carbons (Fsp3) is 0.250. The number of nitrogens with two attached hydrogens (primary N) is 2. The number of nitrogens with one attached hydrogen (secondary N) is 1. The molecule has 0 radical (unpaired) electrons. The van der Waals surface area contributed by atoms with Gasteiger partial charge in [0.25, 0.3) is 0 Å². The monoisotopic (exact) mass is 232 g/mol. The van der Waals surface area contributed by atoms with Gasteiger partial charge in [0.2, 0.25) is 5.91 Å². The SMILES string of the molecule is Cn1cc(C(N)CC(=O)NN)c2ccccc21. The van der Waals surface area contributed by atoms with Gasteiger partial charge in [-0.3, -0.25) is 10.2 Å². The van der Waals surface area contributed by atoms with Crippen molar-refractivity contribution in [1.82, 2.24) is 9.99 Å². The Kier molecular flexibility index (Phi) is 3.12. The van der Waals surface area contributed by atoms with E-state index in [0.717, 1.165) is 16.5 Å². The summed E-state index contributed by atoms with van der Waals surface area (Å²) in [6.07, 6.45) is 2.14. The molecule has 0 bridgehead atoms. The third-order valence-electron chi connectivity index (χ3n) is 2.89. The molecular formula is C12H16N4O. The lowest BCUT2D eigenvalue weighted by Crippen LogP contribution is -2.32. The average Bonchev–Trinajstić information content (AvgIpc) is 2.67. The Bertz CT molecular complexity index is 546. The van der Waals surface area contributed by atoms with E-state index in [1.165, 1.54) is 0 Å². The van der Waals surface area contributed by atoms with Crippen LogP contribution in [0.2, 0.25) is 0 Å². The molecule has 1 amide bonds. The Balaban J connectivity index is 2.38. The molecule has 0 fully saturated rings. The summed E-state index contributed by atoms with van der Waals surface area (Å²) in [5.74, 6) is 4.80. The van der Waals surface area contributed by atoms with E-state index in [0.29, 0.717) is 0 Å². The molecule has 5 N–H and O–H groups in total. The van der Waals surface area contributed by atoms with Crippen LogP contribution in [0.4, 0.5) is 0 Å². The van der Waals surface area contributed by atoms with Crippen LogP contribution in [0.1, 0.15) is 18.0 Å². The second-order valence-electron chi connectivity index (χ2n) is 4.09. The molecule has 1 aromatic carbocycles. The van der Waals surface area contributed by atoms with Gasteiger partial charge in [0.05, 0.1) is 0 Å². The molecule has 1 heterocycles. The highest BCUT2D eigenvalue weighted by molar-refractivity contribution is 5.85. The maximum absolute atomic E-state index is 11.2. The first-order valence-electron chi connectivity index (χ1n) is 5.42.